The molecule has 26 heavy (non-hydrogen) atoms. The van der Waals surface area contributed by atoms with Crippen LogP contribution in [0.5, 0.6) is 0 Å². The van der Waals surface area contributed by atoms with Crippen molar-refractivity contribution in [3.8, 4) is 0 Å². The maximum absolute atomic E-state index is 10.5. The summed E-state index contributed by atoms with van der Waals surface area (Å²) in [5.41, 5.74) is 2.65. The Bertz CT molecular complexity index is 656. The second kappa shape index (κ2) is 6.36. The van der Waals surface area contributed by atoms with Gasteiger partial charge in [0.15, 0.2) is 6.61 Å². The average molecular weight is 360 g/mol. The third kappa shape index (κ3) is 2.70. The van der Waals surface area contributed by atoms with Gasteiger partial charge in [-0.3, -0.25) is 0 Å². The molecule has 1 N–H and O–H groups in total. The van der Waals surface area contributed by atoms with Gasteiger partial charge in [0.1, 0.15) is 0 Å². The normalized spacial score (nSPS) is 46.1. The van der Waals surface area contributed by atoms with Crippen molar-refractivity contribution in [2.24, 2.45) is 33.7 Å². The number of hydrogen-bond acceptors (Lipinski definition) is 5. The highest BCUT2D eigenvalue weighted by atomic mass is 16.6. The first-order chi connectivity index (χ1) is 12.3. The van der Waals surface area contributed by atoms with Crippen LogP contribution in [0.15, 0.2) is 16.8 Å². The molecule has 4 rings (SSSR count). The minimum Gasteiger partial charge on any atom is -0.546 e. The van der Waals surface area contributed by atoms with Gasteiger partial charge in [-0.1, -0.05) is 24.6 Å². The van der Waals surface area contributed by atoms with Crippen molar-refractivity contribution in [1.82, 2.24) is 0 Å². The molecule has 4 aliphatic carbocycles. The second-order valence-electron chi connectivity index (χ2n) is 9.37. The summed E-state index contributed by atoms with van der Waals surface area (Å²) in [6.45, 7) is 4.25. The lowest BCUT2D eigenvalue weighted by molar-refractivity contribution is -0.309. The molecule has 5 nitrogen and oxygen atoms in total. The van der Waals surface area contributed by atoms with E-state index in [1.54, 1.807) is 0 Å². The molecule has 0 heterocycles. The molecule has 0 saturated heterocycles. The first-order valence-electron chi connectivity index (χ1n) is 10.1. The number of allylic oxidation sites excluding steroid dienone is 2. The van der Waals surface area contributed by atoms with Gasteiger partial charge in [0.05, 0.1) is 17.8 Å². The second-order valence-corrected chi connectivity index (χ2v) is 9.37. The Hall–Kier alpha value is -1.36. The smallest absolute Gasteiger partial charge is 0.156 e. The Labute approximate surface area is 155 Å². The largest absolute Gasteiger partial charge is 0.546 e. The maximum Gasteiger partial charge on any atom is 0.156 e. The van der Waals surface area contributed by atoms with Crippen LogP contribution in [0.25, 0.3) is 0 Å². The quantitative estimate of drug-likeness (QED) is 0.784. The molecule has 0 spiro atoms. The molecule has 0 aromatic rings. The molecule has 0 aliphatic heterocycles. The predicted octanol–water partition coefficient (Wildman–Crippen LogP) is 2.43. The van der Waals surface area contributed by atoms with Crippen molar-refractivity contribution in [2.45, 2.75) is 71.3 Å². The summed E-state index contributed by atoms with van der Waals surface area (Å²) in [6, 6.07) is 0. The van der Waals surface area contributed by atoms with Gasteiger partial charge < -0.3 is 19.8 Å². The molecule has 0 radical (unpaired) electrons. The molecule has 3 fully saturated rings. The number of carbonyl (C=O) groups excluding carboxylic acids is 1. The van der Waals surface area contributed by atoms with Crippen LogP contribution in [-0.4, -0.2) is 29.5 Å². The third-order valence-corrected chi connectivity index (χ3v) is 8.29. The van der Waals surface area contributed by atoms with Crippen molar-refractivity contribution in [3.63, 3.8) is 0 Å². The number of carbonyl (C=O) groups is 1. The van der Waals surface area contributed by atoms with Crippen LogP contribution in [0.4, 0.5) is 0 Å². The van der Waals surface area contributed by atoms with E-state index < -0.39 is 12.6 Å². The van der Waals surface area contributed by atoms with Crippen LogP contribution in [0.3, 0.4) is 0 Å². The van der Waals surface area contributed by atoms with Crippen molar-refractivity contribution < 1.29 is 19.8 Å². The van der Waals surface area contributed by atoms with Gasteiger partial charge in [0, 0.05) is 0 Å². The van der Waals surface area contributed by atoms with Crippen LogP contribution >= 0.6 is 0 Å². The van der Waals surface area contributed by atoms with Gasteiger partial charge in [0.2, 0.25) is 0 Å². The maximum atomic E-state index is 10.5. The Balaban J connectivity index is 1.55. The minimum absolute atomic E-state index is 0.121. The molecule has 5 heteroatoms. The lowest BCUT2D eigenvalue weighted by Crippen LogP contribution is -2.51. The SMILES string of the molecule is C[C@]12CC[C@H]3[C@@H](CCC4=CC(=NOCC(=O)[O-])CC[C@@]43C)[C@@H]1CC[C@@H]2O. The van der Waals surface area contributed by atoms with E-state index in [9.17, 15) is 15.0 Å². The summed E-state index contributed by atoms with van der Waals surface area (Å²) in [7, 11) is 0. The van der Waals surface area contributed by atoms with E-state index in [4.69, 9.17) is 4.84 Å². The van der Waals surface area contributed by atoms with Gasteiger partial charge in [0.25, 0.3) is 0 Å². The number of aliphatic hydroxyl groups is 1. The standard InChI is InChI=1S/C21H31NO4/c1-20-9-7-14(22-26-12-19(24)25)11-13(20)3-4-15-16-5-6-18(23)21(16,2)10-8-17(15)20/h11,15-18,23H,3-10,12H2,1-2H3,(H,24,25)/p-1/t15-,16-,17-,18-,20-,21-/m0/s1. The van der Waals surface area contributed by atoms with E-state index in [2.05, 4.69) is 25.1 Å². The fourth-order valence-corrected chi connectivity index (χ4v) is 6.78. The molecule has 0 aromatic heterocycles. The van der Waals surface area contributed by atoms with Gasteiger partial charge in [-0.15, -0.1) is 0 Å². The Morgan fingerprint density at radius 2 is 2.04 bits per heavy atom. The molecule has 0 unspecified atom stereocenters. The van der Waals surface area contributed by atoms with E-state index in [0.29, 0.717) is 11.8 Å². The van der Waals surface area contributed by atoms with Crippen molar-refractivity contribution in [1.29, 1.82) is 0 Å². The highest BCUT2D eigenvalue weighted by Gasteiger charge is 2.58. The molecule has 3 saturated carbocycles. The van der Waals surface area contributed by atoms with E-state index in [0.717, 1.165) is 43.7 Å². The number of carboxylic acids is 1. The average Bonchev–Trinajstić information content (AvgIpc) is 2.90. The van der Waals surface area contributed by atoms with Crippen LogP contribution in [0.2, 0.25) is 0 Å². The van der Waals surface area contributed by atoms with E-state index in [1.165, 1.54) is 24.8 Å². The van der Waals surface area contributed by atoms with Gasteiger partial charge in [-0.2, -0.15) is 0 Å². The zero-order chi connectivity index (χ0) is 18.5. The fourth-order valence-electron chi connectivity index (χ4n) is 6.78. The molecule has 0 amide bonds. The highest BCUT2D eigenvalue weighted by Crippen LogP contribution is 2.65. The summed E-state index contributed by atoms with van der Waals surface area (Å²) in [5, 5.41) is 25.0. The summed E-state index contributed by atoms with van der Waals surface area (Å²) < 4.78 is 0. The van der Waals surface area contributed by atoms with Gasteiger partial charge in [-0.05, 0) is 86.0 Å². The van der Waals surface area contributed by atoms with Crippen molar-refractivity contribution in [3.05, 3.63) is 11.6 Å². The Kier molecular flexibility index (Phi) is 4.41. The summed E-state index contributed by atoms with van der Waals surface area (Å²) in [5.74, 6) is 0.834. The number of fused-ring (bicyclic) bond motifs is 5. The minimum atomic E-state index is -1.24. The Morgan fingerprint density at radius 3 is 2.81 bits per heavy atom. The number of aliphatic carboxylic acids is 1. The summed E-state index contributed by atoms with van der Waals surface area (Å²) in [6.07, 6.45) is 10.7. The van der Waals surface area contributed by atoms with E-state index in [1.807, 2.05) is 0 Å². The summed E-state index contributed by atoms with van der Waals surface area (Å²) >= 11 is 0. The summed E-state index contributed by atoms with van der Waals surface area (Å²) in [4.78, 5) is 15.4. The number of oxime groups is 1. The lowest BCUT2D eigenvalue weighted by atomic mass is 9.47. The first kappa shape index (κ1) is 18.0. The molecular formula is C21H30NO4-. The van der Waals surface area contributed by atoms with Crippen LogP contribution in [-0.2, 0) is 9.63 Å². The van der Waals surface area contributed by atoms with E-state index >= 15 is 0 Å². The molecule has 0 bridgehead atoms. The molecule has 4 aliphatic rings. The highest BCUT2D eigenvalue weighted by molar-refractivity contribution is 5.96. The van der Waals surface area contributed by atoms with Crippen molar-refractivity contribution in [2.75, 3.05) is 6.61 Å². The van der Waals surface area contributed by atoms with Crippen LogP contribution < -0.4 is 5.11 Å². The number of hydrogen-bond donors (Lipinski definition) is 1. The first-order valence-corrected chi connectivity index (χ1v) is 10.1. The number of nitrogens with zero attached hydrogens (tertiary/aromatic N) is 1. The lowest BCUT2D eigenvalue weighted by Gasteiger charge is -2.57. The topological polar surface area (TPSA) is 82.0 Å². The number of carboxylic acid groups (broad SMARTS) is 1. The molecule has 6 atom stereocenters. The molecule has 0 aromatic carbocycles. The fraction of sp³-hybridized carbons (Fsp3) is 0.810. The zero-order valence-corrected chi connectivity index (χ0v) is 15.9. The zero-order valence-electron chi connectivity index (χ0n) is 15.9. The third-order valence-electron chi connectivity index (χ3n) is 8.29. The Morgan fingerprint density at radius 1 is 1.23 bits per heavy atom. The van der Waals surface area contributed by atoms with Gasteiger partial charge in [-0.25, -0.2) is 0 Å². The van der Waals surface area contributed by atoms with E-state index in [-0.39, 0.29) is 16.9 Å². The molecular weight excluding hydrogens is 330 g/mol. The predicted molar refractivity (Wildman–Crippen MR) is 96.1 cm³/mol. The monoisotopic (exact) mass is 360 g/mol. The number of rotatable bonds is 3. The molecule has 144 valence electrons. The van der Waals surface area contributed by atoms with Gasteiger partial charge >= 0.3 is 0 Å². The number of aliphatic hydroxyl groups excluding tert-OH is 1. The van der Waals surface area contributed by atoms with Crippen LogP contribution in [0, 0.1) is 28.6 Å². The van der Waals surface area contributed by atoms with Crippen molar-refractivity contribution >= 4 is 11.7 Å². The van der Waals surface area contributed by atoms with Crippen LogP contribution in [0.1, 0.15) is 65.2 Å².